The van der Waals surface area contributed by atoms with Crippen LogP contribution in [0.5, 0.6) is 0 Å². The molecule has 0 aliphatic carbocycles. The minimum absolute atomic E-state index is 0.376. The fourth-order valence-corrected chi connectivity index (χ4v) is 3.22. The molecule has 1 heterocycles. The fourth-order valence-electron chi connectivity index (χ4n) is 3.22. The predicted molar refractivity (Wildman–Crippen MR) is 78.0 cm³/mol. The Kier molecular flexibility index (Phi) is 7.20. The minimum Gasteiger partial charge on any atom is -0.376 e. The van der Waals surface area contributed by atoms with Crippen LogP contribution in [0.25, 0.3) is 0 Å². The molecule has 0 saturated carbocycles. The lowest BCUT2D eigenvalue weighted by atomic mass is 9.96. The van der Waals surface area contributed by atoms with Crippen molar-refractivity contribution >= 4 is 0 Å². The Morgan fingerprint density at radius 1 is 1.33 bits per heavy atom. The number of hydrogen-bond donors (Lipinski definition) is 1. The van der Waals surface area contributed by atoms with Crippen LogP contribution in [-0.2, 0) is 4.74 Å². The zero-order valence-corrected chi connectivity index (χ0v) is 12.9. The van der Waals surface area contributed by atoms with Gasteiger partial charge in [-0.25, -0.2) is 0 Å². The van der Waals surface area contributed by atoms with E-state index in [9.17, 15) is 0 Å². The lowest BCUT2D eigenvalue weighted by molar-refractivity contribution is -0.0785. The van der Waals surface area contributed by atoms with E-state index in [1.807, 2.05) is 0 Å². The molecule has 0 spiro atoms. The summed E-state index contributed by atoms with van der Waals surface area (Å²) in [7, 11) is 2.10. The van der Waals surface area contributed by atoms with Gasteiger partial charge in [-0.2, -0.15) is 0 Å². The average Bonchev–Trinajstić information content (AvgIpc) is 2.39. The first-order chi connectivity index (χ1) is 8.67. The van der Waals surface area contributed by atoms with Gasteiger partial charge in [-0.15, -0.1) is 0 Å². The molecule has 0 aromatic heterocycles. The molecule has 1 rings (SSSR count). The molecule has 18 heavy (non-hydrogen) atoms. The van der Waals surface area contributed by atoms with Gasteiger partial charge in [0.1, 0.15) is 0 Å². The van der Waals surface area contributed by atoms with Crippen LogP contribution in [-0.4, -0.2) is 49.3 Å². The van der Waals surface area contributed by atoms with Crippen molar-refractivity contribution in [3.63, 3.8) is 0 Å². The first kappa shape index (κ1) is 15.9. The van der Waals surface area contributed by atoms with Crippen LogP contribution in [0.1, 0.15) is 53.4 Å². The van der Waals surface area contributed by atoms with E-state index < -0.39 is 0 Å². The van der Waals surface area contributed by atoms with Crippen LogP contribution < -0.4 is 5.32 Å². The third-order valence-electron chi connectivity index (χ3n) is 4.26. The Balaban J connectivity index is 2.75. The zero-order chi connectivity index (χ0) is 13.5. The number of morpholine rings is 1. The van der Waals surface area contributed by atoms with E-state index in [4.69, 9.17) is 4.74 Å². The Labute approximate surface area is 113 Å². The van der Waals surface area contributed by atoms with Crippen LogP contribution >= 0.6 is 0 Å². The van der Waals surface area contributed by atoms with Crippen molar-refractivity contribution in [2.24, 2.45) is 0 Å². The third kappa shape index (κ3) is 3.94. The number of likely N-dealkylation sites (N-methyl/N-ethyl adjacent to an activating group) is 1. The quantitative estimate of drug-likeness (QED) is 0.758. The zero-order valence-electron chi connectivity index (χ0n) is 12.9. The molecule has 108 valence electrons. The predicted octanol–water partition coefficient (Wildman–Crippen LogP) is 2.65. The molecule has 0 aromatic rings. The first-order valence-electron chi connectivity index (χ1n) is 7.72. The Morgan fingerprint density at radius 2 is 2.06 bits per heavy atom. The summed E-state index contributed by atoms with van der Waals surface area (Å²) in [6.45, 7) is 11.0. The van der Waals surface area contributed by atoms with Crippen LogP contribution in [0.4, 0.5) is 0 Å². The van der Waals surface area contributed by atoms with Gasteiger partial charge in [-0.05, 0) is 33.2 Å². The molecule has 1 aliphatic heterocycles. The molecule has 1 aliphatic rings. The SMILES string of the molecule is CCCC(NC)C(CC)N1CC(C)OCC1CC. The second kappa shape index (κ2) is 8.13. The van der Waals surface area contributed by atoms with Crippen LogP contribution in [0.3, 0.4) is 0 Å². The average molecular weight is 256 g/mol. The molecule has 1 N–H and O–H groups in total. The molecule has 0 radical (unpaired) electrons. The van der Waals surface area contributed by atoms with E-state index in [1.54, 1.807) is 0 Å². The molecule has 3 heteroatoms. The number of ether oxygens (including phenoxy) is 1. The van der Waals surface area contributed by atoms with Gasteiger partial charge < -0.3 is 10.1 Å². The van der Waals surface area contributed by atoms with E-state index in [-0.39, 0.29) is 0 Å². The minimum atomic E-state index is 0.376. The van der Waals surface area contributed by atoms with E-state index in [1.165, 1.54) is 25.7 Å². The molecule has 1 fully saturated rings. The lowest BCUT2D eigenvalue weighted by Gasteiger charge is -2.45. The second-order valence-electron chi connectivity index (χ2n) is 5.56. The standard InChI is InChI=1S/C15H32N2O/c1-6-9-14(16-5)15(8-3)17-10-12(4)18-11-13(17)7-2/h12-16H,6-11H2,1-5H3. The summed E-state index contributed by atoms with van der Waals surface area (Å²) in [6.07, 6.45) is 5.29. The highest BCUT2D eigenvalue weighted by atomic mass is 16.5. The smallest absolute Gasteiger partial charge is 0.0674 e. The summed E-state index contributed by atoms with van der Waals surface area (Å²) in [5.41, 5.74) is 0. The topological polar surface area (TPSA) is 24.5 Å². The van der Waals surface area contributed by atoms with Crippen molar-refractivity contribution in [3.05, 3.63) is 0 Å². The number of rotatable bonds is 7. The molecule has 4 unspecified atom stereocenters. The second-order valence-corrected chi connectivity index (χ2v) is 5.56. The van der Waals surface area contributed by atoms with Gasteiger partial charge >= 0.3 is 0 Å². The van der Waals surface area contributed by atoms with Crippen LogP contribution in [0, 0.1) is 0 Å². The van der Waals surface area contributed by atoms with E-state index in [0.29, 0.717) is 24.2 Å². The van der Waals surface area contributed by atoms with E-state index in [2.05, 4.69) is 45.0 Å². The van der Waals surface area contributed by atoms with Gasteiger partial charge in [0.2, 0.25) is 0 Å². The first-order valence-corrected chi connectivity index (χ1v) is 7.72. The van der Waals surface area contributed by atoms with E-state index in [0.717, 1.165) is 13.2 Å². The molecular formula is C15H32N2O. The highest BCUT2D eigenvalue weighted by Crippen LogP contribution is 2.22. The van der Waals surface area contributed by atoms with Crippen LogP contribution in [0.2, 0.25) is 0 Å². The molecular weight excluding hydrogens is 224 g/mol. The summed E-state index contributed by atoms with van der Waals surface area (Å²) in [6, 6.07) is 1.85. The van der Waals surface area contributed by atoms with E-state index >= 15 is 0 Å². The highest BCUT2D eigenvalue weighted by molar-refractivity contribution is 4.89. The fraction of sp³-hybridized carbons (Fsp3) is 1.00. The highest BCUT2D eigenvalue weighted by Gasteiger charge is 2.33. The largest absolute Gasteiger partial charge is 0.376 e. The van der Waals surface area contributed by atoms with Crippen molar-refractivity contribution < 1.29 is 4.74 Å². The van der Waals surface area contributed by atoms with Crippen molar-refractivity contribution in [1.82, 2.24) is 10.2 Å². The Hall–Kier alpha value is -0.120. The third-order valence-corrected chi connectivity index (χ3v) is 4.26. The van der Waals surface area contributed by atoms with Crippen LogP contribution in [0.15, 0.2) is 0 Å². The maximum atomic E-state index is 5.82. The molecule has 0 aromatic carbocycles. The normalized spacial score (nSPS) is 29.2. The maximum absolute atomic E-state index is 5.82. The molecule has 1 saturated heterocycles. The van der Waals surface area contributed by atoms with Gasteiger partial charge in [0.05, 0.1) is 12.7 Å². The van der Waals surface area contributed by atoms with Crippen molar-refractivity contribution in [2.45, 2.75) is 77.6 Å². The van der Waals surface area contributed by atoms with Gasteiger partial charge in [-0.3, -0.25) is 4.90 Å². The number of nitrogens with one attached hydrogen (secondary N) is 1. The Bertz CT molecular complexity index is 223. The van der Waals surface area contributed by atoms with Crippen molar-refractivity contribution in [1.29, 1.82) is 0 Å². The van der Waals surface area contributed by atoms with Crippen molar-refractivity contribution in [2.75, 3.05) is 20.2 Å². The van der Waals surface area contributed by atoms with Crippen molar-refractivity contribution in [3.8, 4) is 0 Å². The molecule has 0 amide bonds. The number of hydrogen-bond acceptors (Lipinski definition) is 3. The summed E-state index contributed by atoms with van der Waals surface area (Å²) in [5, 5.41) is 3.53. The summed E-state index contributed by atoms with van der Waals surface area (Å²) < 4.78 is 5.82. The van der Waals surface area contributed by atoms with Gasteiger partial charge in [0.25, 0.3) is 0 Å². The summed E-state index contributed by atoms with van der Waals surface area (Å²) in [4.78, 5) is 2.70. The molecule has 0 bridgehead atoms. The molecule has 4 atom stereocenters. The summed E-state index contributed by atoms with van der Waals surface area (Å²) >= 11 is 0. The lowest BCUT2D eigenvalue weighted by Crippen LogP contribution is -2.58. The van der Waals surface area contributed by atoms with Gasteiger partial charge in [0, 0.05) is 24.7 Å². The van der Waals surface area contributed by atoms with Gasteiger partial charge in [-0.1, -0.05) is 27.2 Å². The monoisotopic (exact) mass is 256 g/mol. The maximum Gasteiger partial charge on any atom is 0.0674 e. The van der Waals surface area contributed by atoms with Gasteiger partial charge in [0.15, 0.2) is 0 Å². The molecule has 3 nitrogen and oxygen atoms in total. The summed E-state index contributed by atoms with van der Waals surface area (Å²) in [5.74, 6) is 0. The Morgan fingerprint density at radius 3 is 2.56 bits per heavy atom. The number of nitrogens with zero attached hydrogens (tertiary/aromatic N) is 1.